The molecule has 1 amide bonds. The summed E-state index contributed by atoms with van der Waals surface area (Å²) in [5, 5.41) is 5.90. The Morgan fingerprint density at radius 3 is 3.11 bits per heavy atom. The first-order valence-electron chi connectivity index (χ1n) is 6.05. The highest BCUT2D eigenvalue weighted by Gasteiger charge is 2.22. The molecule has 1 atom stereocenters. The number of hydrogen-bond acceptors (Lipinski definition) is 3. The van der Waals surface area contributed by atoms with Gasteiger partial charge in [-0.15, -0.1) is 0 Å². The maximum Gasteiger partial charge on any atom is 0.216 e. The Balaban J connectivity index is 1.70. The van der Waals surface area contributed by atoms with E-state index in [-0.39, 0.29) is 17.8 Å². The zero-order valence-electron chi connectivity index (χ0n) is 10.3. The Labute approximate surface area is 106 Å². The van der Waals surface area contributed by atoms with Crippen LogP contribution in [0.4, 0.5) is 4.39 Å². The first-order chi connectivity index (χ1) is 8.65. The van der Waals surface area contributed by atoms with E-state index in [4.69, 9.17) is 4.74 Å². The summed E-state index contributed by atoms with van der Waals surface area (Å²) in [7, 11) is 0. The van der Waals surface area contributed by atoms with Crippen molar-refractivity contribution in [1.29, 1.82) is 0 Å². The van der Waals surface area contributed by atoms with Crippen LogP contribution in [-0.4, -0.2) is 31.6 Å². The van der Waals surface area contributed by atoms with Gasteiger partial charge in [0.05, 0.1) is 0 Å². The minimum atomic E-state index is -0.225. The topological polar surface area (TPSA) is 50.4 Å². The van der Waals surface area contributed by atoms with Gasteiger partial charge in [0.15, 0.2) is 0 Å². The second-order valence-corrected chi connectivity index (χ2v) is 4.38. The summed E-state index contributed by atoms with van der Waals surface area (Å²) in [5.74, 6) is 0.512. The number of carbonyl (C=O) groups is 1. The molecule has 0 saturated heterocycles. The zero-order chi connectivity index (χ0) is 13.0. The van der Waals surface area contributed by atoms with Gasteiger partial charge in [-0.3, -0.25) is 4.79 Å². The van der Waals surface area contributed by atoms with Crippen molar-refractivity contribution in [3.63, 3.8) is 0 Å². The van der Waals surface area contributed by atoms with E-state index < -0.39 is 0 Å². The minimum absolute atomic E-state index is 0.0307. The van der Waals surface area contributed by atoms with Crippen molar-refractivity contribution in [1.82, 2.24) is 10.6 Å². The van der Waals surface area contributed by atoms with Gasteiger partial charge in [-0.2, -0.15) is 0 Å². The predicted molar refractivity (Wildman–Crippen MR) is 66.1 cm³/mol. The van der Waals surface area contributed by atoms with E-state index in [0.29, 0.717) is 19.6 Å². The van der Waals surface area contributed by atoms with Crippen molar-refractivity contribution in [3.05, 3.63) is 29.6 Å². The summed E-state index contributed by atoms with van der Waals surface area (Å²) >= 11 is 0. The molecule has 1 aliphatic heterocycles. The van der Waals surface area contributed by atoms with Gasteiger partial charge in [0.25, 0.3) is 0 Å². The van der Waals surface area contributed by atoms with Crippen LogP contribution in [0.2, 0.25) is 0 Å². The van der Waals surface area contributed by atoms with Crippen molar-refractivity contribution in [3.8, 4) is 5.75 Å². The van der Waals surface area contributed by atoms with Gasteiger partial charge in [-0.05, 0) is 18.2 Å². The molecule has 2 rings (SSSR count). The van der Waals surface area contributed by atoms with E-state index in [2.05, 4.69) is 10.6 Å². The summed E-state index contributed by atoms with van der Waals surface area (Å²) in [4.78, 5) is 10.6. The number of fused-ring (bicyclic) bond motifs is 1. The molecule has 0 saturated carbocycles. The molecule has 4 nitrogen and oxygen atoms in total. The fraction of sp³-hybridized carbons (Fsp3) is 0.462. The molecule has 1 aromatic carbocycles. The van der Waals surface area contributed by atoms with E-state index >= 15 is 0 Å². The zero-order valence-corrected chi connectivity index (χ0v) is 10.3. The van der Waals surface area contributed by atoms with Crippen LogP contribution in [0.3, 0.4) is 0 Å². The maximum absolute atomic E-state index is 13.0. The fourth-order valence-corrected chi connectivity index (χ4v) is 1.99. The highest BCUT2D eigenvalue weighted by Crippen LogP contribution is 2.28. The minimum Gasteiger partial charge on any atom is -0.488 e. The Morgan fingerprint density at radius 2 is 2.33 bits per heavy atom. The van der Waals surface area contributed by atoms with E-state index in [0.717, 1.165) is 17.7 Å². The van der Waals surface area contributed by atoms with Crippen LogP contribution in [0.15, 0.2) is 18.2 Å². The summed E-state index contributed by atoms with van der Waals surface area (Å²) in [6, 6.07) is 4.60. The maximum atomic E-state index is 13.0. The van der Waals surface area contributed by atoms with Crippen LogP contribution in [-0.2, 0) is 11.2 Å². The van der Waals surface area contributed by atoms with Gasteiger partial charge < -0.3 is 15.4 Å². The van der Waals surface area contributed by atoms with E-state index in [1.807, 2.05) is 0 Å². The van der Waals surface area contributed by atoms with Gasteiger partial charge in [0.1, 0.15) is 17.7 Å². The normalized spacial score (nSPS) is 17.1. The Bertz CT molecular complexity index is 437. The highest BCUT2D eigenvalue weighted by atomic mass is 19.1. The number of ether oxygens (including phenoxy) is 1. The number of hydrogen-bond donors (Lipinski definition) is 2. The van der Waals surface area contributed by atoms with E-state index in [9.17, 15) is 9.18 Å². The lowest BCUT2D eigenvalue weighted by atomic mass is 10.1. The third-order valence-corrected chi connectivity index (χ3v) is 2.81. The molecule has 1 aromatic rings. The molecular formula is C13H17FN2O2. The number of carbonyl (C=O) groups excluding carboxylic acids is 1. The fourth-order valence-electron chi connectivity index (χ4n) is 1.99. The SMILES string of the molecule is CC(=O)NCCNCC1Cc2cc(F)ccc2O1. The van der Waals surface area contributed by atoms with Crippen molar-refractivity contribution in [2.24, 2.45) is 0 Å². The molecule has 0 aliphatic carbocycles. The van der Waals surface area contributed by atoms with Gasteiger partial charge in [0, 0.05) is 38.5 Å². The van der Waals surface area contributed by atoms with Gasteiger partial charge in [-0.1, -0.05) is 0 Å². The van der Waals surface area contributed by atoms with Gasteiger partial charge >= 0.3 is 0 Å². The standard InChI is InChI=1S/C13H17FN2O2/c1-9(17)16-5-4-15-8-12-7-10-6-11(14)2-3-13(10)18-12/h2-3,6,12,15H,4-5,7-8H2,1H3,(H,16,17). The molecule has 0 aromatic heterocycles. The van der Waals surface area contributed by atoms with Crippen LogP contribution < -0.4 is 15.4 Å². The van der Waals surface area contributed by atoms with Crippen LogP contribution in [0.5, 0.6) is 5.75 Å². The molecule has 1 aliphatic rings. The monoisotopic (exact) mass is 252 g/mol. The first-order valence-corrected chi connectivity index (χ1v) is 6.05. The molecule has 18 heavy (non-hydrogen) atoms. The van der Waals surface area contributed by atoms with E-state index in [1.54, 1.807) is 6.07 Å². The van der Waals surface area contributed by atoms with Crippen molar-refractivity contribution in [2.75, 3.05) is 19.6 Å². The molecular weight excluding hydrogens is 235 g/mol. The number of benzene rings is 1. The van der Waals surface area contributed by atoms with Crippen molar-refractivity contribution < 1.29 is 13.9 Å². The molecule has 98 valence electrons. The predicted octanol–water partition coefficient (Wildman–Crippen LogP) is 0.855. The number of nitrogens with one attached hydrogen (secondary N) is 2. The Hall–Kier alpha value is -1.62. The van der Waals surface area contributed by atoms with Crippen LogP contribution in [0.1, 0.15) is 12.5 Å². The van der Waals surface area contributed by atoms with Gasteiger partial charge in [-0.25, -0.2) is 4.39 Å². The number of rotatable bonds is 5. The lowest BCUT2D eigenvalue weighted by Gasteiger charge is -2.11. The summed E-state index contributed by atoms with van der Waals surface area (Å²) in [6.45, 7) is 3.48. The lowest BCUT2D eigenvalue weighted by molar-refractivity contribution is -0.118. The van der Waals surface area contributed by atoms with E-state index in [1.165, 1.54) is 19.1 Å². The summed E-state index contributed by atoms with van der Waals surface area (Å²) < 4.78 is 18.7. The average molecular weight is 252 g/mol. The smallest absolute Gasteiger partial charge is 0.216 e. The lowest BCUT2D eigenvalue weighted by Crippen LogP contribution is -2.35. The third kappa shape index (κ3) is 3.43. The van der Waals surface area contributed by atoms with Crippen molar-refractivity contribution in [2.45, 2.75) is 19.4 Å². The van der Waals surface area contributed by atoms with Crippen LogP contribution >= 0.6 is 0 Å². The average Bonchev–Trinajstić information content (AvgIpc) is 2.70. The highest BCUT2D eigenvalue weighted by molar-refractivity contribution is 5.72. The van der Waals surface area contributed by atoms with Crippen LogP contribution in [0, 0.1) is 5.82 Å². The first kappa shape index (κ1) is 12.8. The molecule has 1 heterocycles. The molecule has 2 N–H and O–H groups in total. The molecule has 5 heteroatoms. The Morgan fingerprint density at radius 1 is 1.50 bits per heavy atom. The molecule has 0 bridgehead atoms. The number of amides is 1. The molecule has 0 radical (unpaired) electrons. The third-order valence-electron chi connectivity index (χ3n) is 2.81. The van der Waals surface area contributed by atoms with Crippen molar-refractivity contribution >= 4 is 5.91 Å². The van der Waals surface area contributed by atoms with Gasteiger partial charge in [0.2, 0.25) is 5.91 Å². The molecule has 0 fully saturated rings. The quantitative estimate of drug-likeness (QED) is 0.764. The second kappa shape index (κ2) is 5.82. The second-order valence-electron chi connectivity index (χ2n) is 4.38. The molecule has 0 spiro atoms. The number of halogens is 1. The largest absolute Gasteiger partial charge is 0.488 e. The molecule has 1 unspecified atom stereocenters. The Kier molecular flexibility index (Phi) is 4.15. The van der Waals surface area contributed by atoms with Crippen LogP contribution in [0.25, 0.3) is 0 Å². The summed E-state index contributed by atoms with van der Waals surface area (Å²) in [5.41, 5.74) is 0.920. The summed E-state index contributed by atoms with van der Waals surface area (Å²) in [6.07, 6.45) is 0.763.